The number of hydrogen-bond acceptors (Lipinski definition) is 4. The number of nitro benzene ring substituents is 1. The lowest BCUT2D eigenvalue weighted by Crippen LogP contribution is -2.36. The third-order valence-corrected chi connectivity index (χ3v) is 3.56. The van der Waals surface area contributed by atoms with Crippen molar-refractivity contribution in [3.63, 3.8) is 0 Å². The van der Waals surface area contributed by atoms with E-state index in [1.165, 1.54) is 6.07 Å². The number of carbonyl (C=O) groups excluding carboxylic acids is 1. The first-order valence-electron chi connectivity index (χ1n) is 6.19. The zero-order valence-electron chi connectivity index (χ0n) is 10.6. The first-order valence-corrected chi connectivity index (χ1v) is 6.19. The van der Waals surface area contributed by atoms with Crippen molar-refractivity contribution in [3.8, 4) is 0 Å². The molecule has 0 aliphatic carbocycles. The lowest BCUT2D eigenvalue weighted by molar-refractivity contribution is -0.386. The molecular weight excluding hydrogens is 251 g/mol. The minimum Gasteiger partial charge on any atom is -0.366 e. The highest BCUT2D eigenvalue weighted by Gasteiger charge is 2.28. The Morgan fingerprint density at radius 2 is 2.05 bits per heavy atom. The van der Waals surface area contributed by atoms with Crippen LogP contribution in [0.25, 0.3) is 0 Å². The van der Waals surface area contributed by atoms with Crippen molar-refractivity contribution < 1.29 is 14.1 Å². The molecule has 2 rings (SSSR count). The lowest BCUT2D eigenvalue weighted by atomic mass is 9.93. The summed E-state index contributed by atoms with van der Waals surface area (Å²) in [5.41, 5.74) is -0.184. The number of rotatable bonds is 3. The Hall–Kier alpha value is -1.98. The van der Waals surface area contributed by atoms with Crippen LogP contribution < -0.4 is 4.90 Å². The van der Waals surface area contributed by atoms with Crippen molar-refractivity contribution in [1.29, 1.82) is 0 Å². The molecule has 1 aliphatic rings. The lowest BCUT2D eigenvalue weighted by Gasteiger charge is -2.32. The molecule has 6 heteroatoms. The number of carbonyl (C=O) groups is 1. The van der Waals surface area contributed by atoms with Crippen LogP contribution in [0.3, 0.4) is 0 Å². The number of halogens is 1. The Kier molecular flexibility index (Phi) is 3.78. The molecule has 1 aromatic carbocycles. The average Bonchev–Trinajstić information content (AvgIpc) is 2.38. The summed E-state index contributed by atoms with van der Waals surface area (Å²) in [6.07, 6.45) is 1.31. The van der Waals surface area contributed by atoms with Crippen molar-refractivity contribution in [2.45, 2.75) is 19.8 Å². The van der Waals surface area contributed by atoms with Gasteiger partial charge in [-0.15, -0.1) is 0 Å². The Morgan fingerprint density at radius 1 is 1.42 bits per heavy atom. The molecule has 1 aromatic rings. The van der Waals surface area contributed by atoms with Gasteiger partial charge in [0.05, 0.1) is 4.92 Å². The molecular formula is C13H15FN2O3. The van der Waals surface area contributed by atoms with E-state index >= 15 is 0 Å². The standard InChI is InChI=1S/C13H15FN2O3/c1-9(17)10-5-7-15(8-6-10)12-4-2-3-11(14)13(12)16(18)19/h2-4,10H,5-8H2,1H3. The fourth-order valence-electron chi connectivity index (χ4n) is 2.47. The van der Waals surface area contributed by atoms with Crippen molar-refractivity contribution in [2.75, 3.05) is 18.0 Å². The fraction of sp³-hybridized carbons (Fsp3) is 0.462. The molecule has 19 heavy (non-hydrogen) atoms. The third kappa shape index (κ3) is 2.72. The van der Waals surface area contributed by atoms with Crippen LogP contribution in [0.4, 0.5) is 15.8 Å². The van der Waals surface area contributed by atoms with Gasteiger partial charge in [-0.2, -0.15) is 4.39 Å². The van der Waals surface area contributed by atoms with Crippen molar-refractivity contribution in [2.24, 2.45) is 5.92 Å². The van der Waals surface area contributed by atoms with E-state index in [9.17, 15) is 19.3 Å². The summed E-state index contributed by atoms with van der Waals surface area (Å²) in [5, 5.41) is 10.9. The number of Topliss-reactive ketones (excluding diaryl/α,β-unsaturated/α-hetero) is 1. The van der Waals surface area contributed by atoms with Crippen molar-refractivity contribution >= 4 is 17.2 Å². The number of para-hydroxylation sites is 1. The van der Waals surface area contributed by atoms with Crippen LogP contribution in [0.5, 0.6) is 0 Å². The summed E-state index contributed by atoms with van der Waals surface area (Å²) in [5.74, 6) is -0.659. The number of piperidine rings is 1. The summed E-state index contributed by atoms with van der Waals surface area (Å²) in [7, 11) is 0. The highest BCUT2D eigenvalue weighted by Crippen LogP contribution is 2.33. The molecule has 0 radical (unpaired) electrons. The van der Waals surface area contributed by atoms with E-state index in [1.54, 1.807) is 17.9 Å². The Balaban J connectivity index is 2.22. The maximum Gasteiger partial charge on any atom is 0.327 e. The molecule has 1 aliphatic heterocycles. The Labute approximate surface area is 110 Å². The van der Waals surface area contributed by atoms with Crippen molar-refractivity contribution in [1.82, 2.24) is 0 Å². The number of ketones is 1. The minimum absolute atomic E-state index is 0.0175. The van der Waals surface area contributed by atoms with E-state index in [2.05, 4.69) is 0 Å². The Morgan fingerprint density at radius 3 is 2.58 bits per heavy atom. The predicted molar refractivity (Wildman–Crippen MR) is 68.7 cm³/mol. The molecule has 102 valence electrons. The molecule has 0 spiro atoms. The third-order valence-electron chi connectivity index (χ3n) is 3.56. The summed E-state index contributed by atoms with van der Waals surface area (Å²) in [6.45, 7) is 2.63. The van der Waals surface area contributed by atoms with Crippen LogP contribution in [-0.2, 0) is 4.79 Å². The predicted octanol–water partition coefficient (Wildman–Crippen LogP) is 2.54. The van der Waals surface area contributed by atoms with Gasteiger partial charge in [-0.25, -0.2) is 0 Å². The minimum atomic E-state index is -0.823. The van der Waals surface area contributed by atoms with Gasteiger partial charge in [0.15, 0.2) is 0 Å². The van der Waals surface area contributed by atoms with E-state index in [4.69, 9.17) is 0 Å². The number of nitrogens with zero attached hydrogens (tertiary/aromatic N) is 2. The van der Waals surface area contributed by atoms with Gasteiger partial charge in [0.1, 0.15) is 11.5 Å². The van der Waals surface area contributed by atoms with Crippen LogP contribution >= 0.6 is 0 Å². The SMILES string of the molecule is CC(=O)C1CCN(c2cccc(F)c2[N+](=O)[O-])CC1. The van der Waals surface area contributed by atoms with E-state index in [0.717, 1.165) is 6.07 Å². The van der Waals surface area contributed by atoms with Crippen LogP contribution in [-0.4, -0.2) is 23.8 Å². The molecule has 5 nitrogen and oxygen atoms in total. The quantitative estimate of drug-likeness (QED) is 0.623. The van der Waals surface area contributed by atoms with E-state index < -0.39 is 16.4 Å². The first kappa shape index (κ1) is 13.5. The normalized spacial score (nSPS) is 16.4. The van der Waals surface area contributed by atoms with Gasteiger partial charge in [0.2, 0.25) is 5.82 Å². The molecule has 1 fully saturated rings. The fourth-order valence-corrected chi connectivity index (χ4v) is 2.47. The monoisotopic (exact) mass is 266 g/mol. The zero-order chi connectivity index (χ0) is 14.0. The van der Waals surface area contributed by atoms with Gasteiger partial charge in [0.25, 0.3) is 0 Å². The molecule has 1 heterocycles. The Bertz CT molecular complexity index is 511. The number of benzene rings is 1. The number of anilines is 1. The van der Waals surface area contributed by atoms with Gasteiger partial charge in [-0.1, -0.05) is 6.07 Å². The first-order chi connectivity index (χ1) is 9.00. The van der Waals surface area contributed by atoms with Gasteiger partial charge < -0.3 is 4.90 Å². The maximum atomic E-state index is 13.5. The largest absolute Gasteiger partial charge is 0.366 e. The zero-order valence-corrected chi connectivity index (χ0v) is 10.6. The van der Waals surface area contributed by atoms with E-state index in [-0.39, 0.29) is 11.7 Å². The van der Waals surface area contributed by atoms with Crippen molar-refractivity contribution in [3.05, 3.63) is 34.1 Å². The van der Waals surface area contributed by atoms with E-state index in [0.29, 0.717) is 31.6 Å². The van der Waals surface area contributed by atoms with Gasteiger partial charge in [-0.05, 0) is 31.9 Å². The highest BCUT2D eigenvalue weighted by atomic mass is 19.1. The van der Waals surface area contributed by atoms with E-state index in [1.807, 2.05) is 0 Å². The maximum absolute atomic E-state index is 13.5. The van der Waals surface area contributed by atoms with Crippen LogP contribution in [0.2, 0.25) is 0 Å². The molecule has 1 saturated heterocycles. The topological polar surface area (TPSA) is 63.5 Å². The molecule has 0 N–H and O–H groups in total. The van der Waals surface area contributed by atoms with Gasteiger partial charge >= 0.3 is 5.69 Å². The van der Waals surface area contributed by atoms with Crippen LogP contribution in [0.1, 0.15) is 19.8 Å². The molecule has 0 aromatic heterocycles. The molecule has 0 atom stereocenters. The second-order valence-corrected chi connectivity index (χ2v) is 4.74. The second-order valence-electron chi connectivity index (χ2n) is 4.74. The summed E-state index contributed by atoms with van der Waals surface area (Å²) < 4.78 is 13.5. The average molecular weight is 266 g/mol. The highest BCUT2D eigenvalue weighted by molar-refractivity contribution is 5.78. The van der Waals surface area contributed by atoms with Gasteiger partial charge in [0, 0.05) is 19.0 Å². The summed E-state index contributed by atoms with van der Waals surface area (Å²) >= 11 is 0. The van der Waals surface area contributed by atoms with Gasteiger partial charge in [-0.3, -0.25) is 14.9 Å². The summed E-state index contributed by atoms with van der Waals surface area (Å²) in [6, 6.07) is 4.11. The molecule has 0 unspecified atom stereocenters. The summed E-state index contributed by atoms with van der Waals surface area (Å²) in [4.78, 5) is 23.3. The smallest absolute Gasteiger partial charge is 0.327 e. The number of hydrogen-bond donors (Lipinski definition) is 0. The second kappa shape index (κ2) is 5.34. The molecule has 0 amide bonds. The van der Waals surface area contributed by atoms with Crippen LogP contribution in [0.15, 0.2) is 18.2 Å². The number of nitro groups is 1. The molecule has 0 saturated carbocycles. The van der Waals surface area contributed by atoms with Crippen LogP contribution in [0, 0.1) is 21.8 Å². The molecule has 0 bridgehead atoms.